The molecule has 2 aliphatic rings. The lowest BCUT2D eigenvalue weighted by Gasteiger charge is -2.42. The standard InChI is InChI=1S/C38H46O13Si/c1-37(2,3)52(12,13)51-29-18-14-15-38(48-11)28(23(18)19-16-22(35(39)47-10)49-36(40)24(19)32(29)45-8)27-31(44-7)25-20(41-4)17-21(42-5)30(43-6)26(25)33(46-9)34(27)50-38/h16-17,28H,14-15H2,1-13H3/t28-,38-/m1/s1. The molecule has 52 heavy (non-hydrogen) atoms. The summed E-state index contributed by atoms with van der Waals surface area (Å²) in [6.07, 6.45) is 0.742. The van der Waals surface area contributed by atoms with Gasteiger partial charge in [-0.05, 0) is 36.2 Å². The molecule has 2 heterocycles. The van der Waals surface area contributed by atoms with E-state index in [4.69, 9.17) is 51.5 Å². The maximum Gasteiger partial charge on any atom is 0.374 e. The van der Waals surface area contributed by atoms with E-state index in [9.17, 15) is 9.59 Å². The van der Waals surface area contributed by atoms with E-state index in [-0.39, 0.29) is 21.9 Å². The lowest BCUT2D eigenvalue weighted by atomic mass is 9.72. The van der Waals surface area contributed by atoms with Crippen LogP contribution in [0.25, 0.3) is 21.5 Å². The topological polar surface area (TPSA) is 140 Å². The van der Waals surface area contributed by atoms with Gasteiger partial charge in [-0.3, -0.25) is 0 Å². The number of benzene rings is 3. The molecule has 0 spiro atoms. The van der Waals surface area contributed by atoms with E-state index in [0.717, 1.165) is 5.56 Å². The Kier molecular flexibility index (Phi) is 9.23. The van der Waals surface area contributed by atoms with Crippen LogP contribution in [0.4, 0.5) is 0 Å². The van der Waals surface area contributed by atoms with Crippen molar-refractivity contribution in [2.45, 2.75) is 63.5 Å². The maximum absolute atomic E-state index is 14.1. The monoisotopic (exact) mass is 738 g/mol. The second-order valence-electron chi connectivity index (χ2n) is 14.2. The van der Waals surface area contributed by atoms with Crippen LogP contribution in [0.5, 0.6) is 46.0 Å². The SMILES string of the molecule is COC(=O)c1cc2c3c(c(O[Si](C)(C)C(C)(C)C)c(OC)c2c(=O)o1)CC[C@@]1(OC)Oc2c(c(OC)c4c(OC)cc(OC)c(OC)c4c2OC)[C@@H]31. The van der Waals surface area contributed by atoms with Gasteiger partial charge in [-0.25, -0.2) is 9.59 Å². The van der Waals surface area contributed by atoms with Gasteiger partial charge in [-0.15, -0.1) is 0 Å². The Morgan fingerprint density at radius 1 is 0.769 bits per heavy atom. The third-order valence-corrected chi connectivity index (χ3v) is 15.1. The van der Waals surface area contributed by atoms with Crippen LogP contribution < -0.4 is 43.2 Å². The van der Waals surface area contributed by atoms with Crippen molar-refractivity contribution in [2.24, 2.45) is 0 Å². The van der Waals surface area contributed by atoms with Crippen LogP contribution in [-0.2, 0) is 15.9 Å². The second-order valence-corrected chi connectivity index (χ2v) is 18.9. The molecule has 3 aromatic carbocycles. The van der Waals surface area contributed by atoms with Gasteiger partial charge >= 0.3 is 11.6 Å². The minimum atomic E-state index is -2.56. The van der Waals surface area contributed by atoms with E-state index in [0.29, 0.717) is 80.4 Å². The minimum absolute atomic E-state index is 0.0960. The molecule has 0 saturated carbocycles. The number of carbonyl (C=O) groups is 1. The zero-order valence-electron chi connectivity index (χ0n) is 32.0. The highest BCUT2D eigenvalue weighted by atomic mass is 28.4. The van der Waals surface area contributed by atoms with Crippen molar-refractivity contribution >= 4 is 35.8 Å². The molecule has 1 aliphatic carbocycles. The minimum Gasteiger partial charge on any atom is -0.541 e. The fraction of sp³-hybridized carbons (Fsp3) is 0.474. The second kappa shape index (κ2) is 13.0. The molecule has 13 nitrogen and oxygen atoms in total. The smallest absolute Gasteiger partial charge is 0.374 e. The van der Waals surface area contributed by atoms with E-state index < -0.39 is 31.6 Å². The van der Waals surface area contributed by atoms with Crippen LogP contribution in [0.15, 0.2) is 21.3 Å². The van der Waals surface area contributed by atoms with Gasteiger partial charge in [-0.1, -0.05) is 20.8 Å². The third-order valence-electron chi connectivity index (χ3n) is 10.8. The van der Waals surface area contributed by atoms with Crippen molar-refractivity contribution < 1.29 is 56.3 Å². The van der Waals surface area contributed by atoms with Crippen molar-refractivity contribution in [3.8, 4) is 46.0 Å². The lowest BCUT2D eigenvalue weighted by Crippen LogP contribution is -2.46. The van der Waals surface area contributed by atoms with Crippen LogP contribution in [0.1, 0.15) is 60.4 Å². The van der Waals surface area contributed by atoms with Gasteiger partial charge in [0, 0.05) is 30.5 Å². The zero-order chi connectivity index (χ0) is 38.1. The lowest BCUT2D eigenvalue weighted by molar-refractivity contribution is -0.167. The first-order chi connectivity index (χ1) is 24.6. The summed E-state index contributed by atoms with van der Waals surface area (Å²) in [5.41, 5.74) is 1.16. The summed E-state index contributed by atoms with van der Waals surface area (Å²) >= 11 is 0. The average Bonchev–Trinajstić information content (AvgIpc) is 3.47. The van der Waals surface area contributed by atoms with Crippen LogP contribution >= 0.6 is 0 Å². The van der Waals surface area contributed by atoms with E-state index in [1.165, 1.54) is 41.6 Å². The molecule has 0 fully saturated rings. The number of hydrogen-bond donors (Lipinski definition) is 0. The first-order valence-corrected chi connectivity index (χ1v) is 19.7. The Labute approximate surface area is 303 Å². The summed E-state index contributed by atoms with van der Waals surface area (Å²) in [5.74, 6) is -0.289. The molecule has 6 rings (SSSR count). The van der Waals surface area contributed by atoms with E-state index >= 15 is 0 Å². The predicted molar refractivity (Wildman–Crippen MR) is 195 cm³/mol. The molecular formula is C38H46O13Si. The summed E-state index contributed by atoms with van der Waals surface area (Å²) in [7, 11) is 9.40. The molecule has 0 bridgehead atoms. The number of hydrogen-bond acceptors (Lipinski definition) is 13. The molecule has 280 valence electrons. The van der Waals surface area contributed by atoms with Crippen molar-refractivity contribution in [1.29, 1.82) is 0 Å². The van der Waals surface area contributed by atoms with Gasteiger partial charge < -0.3 is 51.5 Å². The Morgan fingerprint density at radius 2 is 1.40 bits per heavy atom. The van der Waals surface area contributed by atoms with Crippen molar-refractivity contribution in [1.82, 2.24) is 0 Å². The van der Waals surface area contributed by atoms with Gasteiger partial charge in [0.1, 0.15) is 16.9 Å². The zero-order valence-corrected chi connectivity index (χ0v) is 33.0. The van der Waals surface area contributed by atoms with Crippen molar-refractivity contribution in [2.75, 3.05) is 56.9 Å². The summed E-state index contributed by atoms with van der Waals surface area (Å²) < 4.78 is 66.9. The van der Waals surface area contributed by atoms with Crippen LogP contribution in [0.2, 0.25) is 18.1 Å². The van der Waals surface area contributed by atoms with E-state index in [1.807, 2.05) is 0 Å². The average molecular weight is 739 g/mol. The number of methoxy groups -OCH3 is 8. The van der Waals surface area contributed by atoms with E-state index in [1.54, 1.807) is 27.4 Å². The molecule has 4 aromatic rings. The number of carbonyl (C=O) groups excluding carboxylic acids is 1. The molecule has 2 atom stereocenters. The molecule has 1 aromatic heterocycles. The highest BCUT2D eigenvalue weighted by molar-refractivity contribution is 6.74. The molecular weight excluding hydrogens is 692 g/mol. The van der Waals surface area contributed by atoms with Crippen LogP contribution in [-0.4, -0.2) is 77.0 Å². The first-order valence-electron chi connectivity index (χ1n) is 16.8. The highest BCUT2D eigenvalue weighted by Gasteiger charge is 2.58. The first kappa shape index (κ1) is 37.0. The third kappa shape index (κ3) is 5.12. The van der Waals surface area contributed by atoms with Gasteiger partial charge in [0.2, 0.25) is 11.5 Å². The van der Waals surface area contributed by atoms with Gasteiger partial charge in [0.05, 0.1) is 72.0 Å². The highest BCUT2D eigenvalue weighted by Crippen LogP contribution is 2.66. The largest absolute Gasteiger partial charge is 0.541 e. The fourth-order valence-electron chi connectivity index (χ4n) is 7.34. The quantitative estimate of drug-likeness (QED) is 0.122. The number of ether oxygens (including phenoxy) is 9. The molecule has 1 aliphatic heterocycles. The number of rotatable bonds is 10. The molecule has 0 unspecified atom stereocenters. The van der Waals surface area contributed by atoms with Gasteiger partial charge in [0.25, 0.3) is 8.32 Å². The Balaban J connectivity index is 1.86. The van der Waals surface area contributed by atoms with Crippen LogP contribution in [0.3, 0.4) is 0 Å². The van der Waals surface area contributed by atoms with Crippen molar-refractivity contribution in [3.05, 3.63) is 45.0 Å². The predicted octanol–water partition coefficient (Wildman–Crippen LogP) is 6.98. The number of fused-ring (bicyclic) bond motifs is 8. The van der Waals surface area contributed by atoms with Crippen molar-refractivity contribution in [3.63, 3.8) is 0 Å². The summed E-state index contributed by atoms with van der Waals surface area (Å²) in [6.45, 7) is 10.6. The van der Waals surface area contributed by atoms with Crippen LogP contribution in [0, 0.1) is 0 Å². The fourth-order valence-corrected chi connectivity index (χ4v) is 8.37. The Bertz CT molecular complexity index is 2160. The number of esters is 1. The molecule has 14 heteroatoms. The Morgan fingerprint density at radius 3 is 1.94 bits per heavy atom. The van der Waals surface area contributed by atoms with Gasteiger partial charge in [0.15, 0.2) is 34.5 Å². The molecule has 0 radical (unpaired) electrons. The summed E-state index contributed by atoms with van der Waals surface area (Å²) in [6, 6.07) is 3.21. The molecule has 0 N–H and O–H groups in total. The molecule has 0 amide bonds. The summed E-state index contributed by atoms with van der Waals surface area (Å²) in [4.78, 5) is 27.0. The maximum atomic E-state index is 14.1. The van der Waals surface area contributed by atoms with Gasteiger partial charge in [-0.2, -0.15) is 0 Å². The molecule has 0 saturated heterocycles. The summed E-state index contributed by atoms with van der Waals surface area (Å²) in [5, 5.41) is 1.30. The normalized spacial score (nSPS) is 17.8. The Hall–Kier alpha value is -4.82. The van der Waals surface area contributed by atoms with E-state index in [2.05, 4.69) is 33.9 Å².